The van der Waals surface area contributed by atoms with Crippen LogP contribution in [0, 0.1) is 13.8 Å². The van der Waals surface area contributed by atoms with Crippen LogP contribution in [0.2, 0.25) is 5.02 Å². The molecule has 134 valence electrons. The Morgan fingerprint density at radius 1 is 1.19 bits per heavy atom. The number of rotatable bonds is 5. The second-order valence-electron chi connectivity index (χ2n) is 6.00. The summed E-state index contributed by atoms with van der Waals surface area (Å²) < 4.78 is 11.2. The zero-order valence-corrected chi connectivity index (χ0v) is 15.5. The minimum atomic E-state index is -0.701. The third kappa shape index (κ3) is 3.89. The van der Waals surface area contributed by atoms with Gasteiger partial charge in [0.15, 0.2) is 11.9 Å². The van der Waals surface area contributed by atoms with Crippen molar-refractivity contribution in [3.8, 4) is 17.1 Å². The number of hydrogen-bond donors (Lipinski definition) is 1. The molecule has 1 N–H and O–H groups in total. The molecule has 26 heavy (non-hydrogen) atoms. The largest absolute Gasteiger partial charge is 0.481 e. The van der Waals surface area contributed by atoms with Crippen LogP contribution >= 0.6 is 11.6 Å². The van der Waals surface area contributed by atoms with Gasteiger partial charge in [-0.15, -0.1) is 0 Å². The summed E-state index contributed by atoms with van der Waals surface area (Å²) in [6.45, 7) is 5.35. The van der Waals surface area contributed by atoms with E-state index in [0.29, 0.717) is 27.9 Å². The molecule has 1 heterocycles. The fourth-order valence-corrected chi connectivity index (χ4v) is 2.74. The van der Waals surface area contributed by atoms with Crippen molar-refractivity contribution in [2.45, 2.75) is 26.9 Å². The molecule has 6 heteroatoms. The van der Waals surface area contributed by atoms with Crippen molar-refractivity contribution in [2.75, 3.05) is 5.32 Å². The second-order valence-corrected chi connectivity index (χ2v) is 6.43. The number of aryl methyl sites for hydroxylation is 2. The number of carbonyl (C=O) groups excluding carboxylic acids is 1. The zero-order chi connectivity index (χ0) is 18.7. The molecule has 0 saturated carbocycles. The Balaban J connectivity index is 1.77. The first-order chi connectivity index (χ1) is 12.5. The molecular weight excluding hydrogens is 352 g/mol. The molecule has 1 atom stereocenters. The number of benzene rings is 2. The lowest BCUT2D eigenvalue weighted by atomic mass is 10.1. The molecule has 0 bridgehead atoms. The number of amides is 1. The number of aromatic nitrogens is 1. The maximum Gasteiger partial charge on any atom is 0.265 e. The predicted octanol–water partition coefficient (Wildman–Crippen LogP) is 5.02. The zero-order valence-electron chi connectivity index (χ0n) is 14.7. The Kier molecular flexibility index (Phi) is 5.28. The van der Waals surface area contributed by atoms with Crippen molar-refractivity contribution in [3.05, 3.63) is 64.8 Å². The summed E-state index contributed by atoms with van der Waals surface area (Å²) in [7, 11) is 0. The number of carbonyl (C=O) groups is 1. The van der Waals surface area contributed by atoms with Crippen LogP contribution in [0.5, 0.6) is 5.75 Å². The summed E-state index contributed by atoms with van der Waals surface area (Å²) in [4.78, 5) is 12.6. The summed E-state index contributed by atoms with van der Waals surface area (Å²) in [5.74, 6) is 0.844. The van der Waals surface area contributed by atoms with E-state index in [1.807, 2.05) is 37.3 Å². The lowest BCUT2D eigenvalue weighted by Gasteiger charge is -2.16. The Labute approximate surface area is 156 Å². The van der Waals surface area contributed by atoms with E-state index < -0.39 is 6.10 Å². The average molecular weight is 371 g/mol. The smallest absolute Gasteiger partial charge is 0.265 e. The van der Waals surface area contributed by atoms with Crippen LogP contribution < -0.4 is 10.1 Å². The number of ether oxygens (including phenoxy) is 1. The Hall–Kier alpha value is -2.79. The summed E-state index contributed by atoms with van der Waals surface area (Å²) in [6, 6.07) is 14.8. The van der Waals surface area contributed by atoms with Crippen LogP contribution in [0.3, 0.4) is 0 Å². The molecule has 0 aliphatic heterocycles. The number of hydrogen-bond acceptors (Lipinski definition) is 4. The van der Waals surface area contributed by atoms with Gasteiger partial charge in [-0.1, -0.05) is 47.1 Å². The van der Waals surface area contributed by atoms with Crippen LogP contribution in [0.15, 0.2) is 53.1 Å². The van der Waals surface area contributed by atoms with Crippen LogP contribution in [0.25, 0.3) is 11.3 Å². The minimum Gasteiger partial charge on any atom is -0.481 e. The van der Waals surface area contributed by atoms with Gasteiger partial charge < -0.3 is 14.6 Å². The molecular formula is C20H19ClN2O3. The standard InChI is InChI=1S/C20H19ClN2O3/c1-12-11-16(21)9-10-17(12)25-14(3)20(24)22-18-13(2)23-26-19(18)15-7-5-4-6-8-15/h4-11,14H,1-3H3,(H,22,24)/t14-/m1/s1. The molecule has 3 rings (SSSR count). The van der Waals surface area contributed by atoms with Gasteiger partial charge in [0, 0.05) is 10.6 Å². The van der Waals surface area contributed by atoms with E-state index in [2.05, 4.69) is 10.5 Å². The van der Waals surface area contributed by atoms with Crippen LogP contribution in [-0.4, -0.2) is 17.2 Å². The van der Waals surface area contributed by atoms with E-state index in [1.54, 1.807) is 32.0 Å². The van der Waals surface area contributed by atoms with Gasteiger partial charge in [-0.2, -0.15) is 0 Å². The molecule has 1 amide bonds. The van der Waals surface area contributed by atoms with Gasteiger partial charge in [0.2, 0.25) is 0 Å². The highest BCUT2D eigenvalue weighted by molar-refractivity contribution is 6.30. The van der Waals surface area contributed by atoms with Gasteiger partial charge in [-0.25, -0.2) is 0 Å². The highest BCUT2D eigenvalue weighted by Crippen LogP contribution is 2.31. The number of nitrogens with zero attached hydrogens (tertiary/aromatic N) is 1. The van der Waals surface area contributed by atoms with Gasteiger partial charge in [0.25, 0.3) is 5.91 Å². The second kappa shape index (κ2) is 7.62. The van der Waals surface area contributed by atoms with E-state index in [1.165, 1.54) is 0 Å². The highest BCUT2D eigenvalue weighted by atomic mass is 35.5. The summed E-state index contributed by atoms with van der Waals surface area (Å²) in [5, 5.41) is 7.45. The van der Waals surface area contributed by atoms with Crippen molar-refractivity contribution in [3.63, 3.8) is 0 Å². The molecule has 2 aromatic carbocycles. The molecule has 0 radical (unpaired) electrons. The van der Waals surface area contributed by atoms with E-state index >= 15 is 0 Å². The summed E-state index contributed by atoms with van der Waals surface area (Å²) in [5.41, 5.74) is 2.85. The van der Waals surface area contributed by atoms with E-state index in [4.69, 9.17) is 20.9 Å². The molecule has 0 aliphatic carbocycles. The predicted molar refractivity (Wildman–Crippen MR) is 102 cm³/mol. The fraction of sp³-hybridized carbons (Fsp3) is 0.200. The molecule has 3 aromatic rings. The number of anilines is 1. The molecule has 1 aromatic heterocycles. The molecule has 0 aliphatic rings. The first kappa shape index (κ1) is 18.0. The lowest BCUT2D eigenvalue weighted by Crippen LogP contribution is -2.30. The molecule has 0 unspecified atom stereocenters. The lowest BCUT2D eigenvalue weighted by molar-refractivity contribution is -0.122. The third-order valence-electron chi connectivity index (χ3n) is 3.96. The summed E-state index contributed by atoms with van der Waals surface area (Å²) >= 11 is 5.95. The van der Waals surface area contributed by atoms with Crippen LogP contribution in [-0.2, 0) is 4.79 Å². The monoisotopic (exact) mass is 370 g/mol. The van der Waals surface area contributed by atoms with Crippen LogP contribution in [0.1, 0.15) is 18.2 Å². The van der Waals surface area contributed by atoms with Crippen molar-refractivity contribution < 1.29 is 14.1 Å². The van der Waals surface area contributed by atoms with Crippen LogP contribution in [0.4, 0.5) is 5.69 Å². The van der Waals surface area contributed by atoms with Gasteiger partial charge in [-0.3, -0.25) is 4.79 Å². The minimum absolute atomic E-state index is 0.289. The van der Waals surface area contributed by atoms with Crippen molar-refractivity contribution in [2.24, 2.45) is 0 Å². The number of nitrogens with one attached hydrogen (secondary N) is 1. The van der Waals surface area contributed by atoms with Crippen molar-refractivity contribution in [1.82, 2.24) is 5.16 Å². The first-order valence-electron chi connectivity index (χ1n) is 8.21. The molecule has 5 nitrogen and oxygen atoms in total. The third-order valence-corrected chi connectivity index (χ3v) is 4.19. The number of halogens is 1. The maximum atomic E-state index is 12.6. The Bertz CT molecular complexity index is 922. The SMILES string of the molecule is Cc1cc(Cl)ccc1O[C@H](C)C(=O)Nc1c(C)noc1-c1ccccc1. The van der Waals surface area contributed by atoms with E-state index in [9.17, 15) is 4.79 Å². The quantitative estimate of drug-likeness (QED) is 0.685. The van der Waals surface area contributed by atoms with Gasteiger partial charge >= 0.3 is 0 Å². The maximum absolute atomic E-state index is 12.6. The normalized spacial score (nSPS) is 11.8. The molecule has 0 spiro atoms. The van der Waals surface area contributed by atoms with Crippen molar-refractivity contribution >= 4 is 23.2 Å². The molecule has 0 saturated heterocycles. The summed E-state index contributed by atoms with van der Waals surface area (Å²) in [6.07, 6.45) is -0.701. The Morgan fingerprint density at radius 2 is 1.92 bits per heavy atom. The topological polar surface area (TPSA) is 64.4 Å². The average Bonchev–Trinajstić information content (AvgIpc) is 2.98. The van der Waals surface area contributed by atoms with Gasteiger partial charge in [0.05, 0.1) is 0 Å². The van der Waals surface area contributed by atoms with Gasteiger partial charge in [-0.05, 0) is 44.5 Å². The Morgan fingerprint density at radius 3 is 2.62 bits per heavy atom. The van der Waals surface area contributed by atoms with Crippen molar-refractivity contribution in [1.29, 1.82) is 0 Å². The molecule has 0 fully saturated rings. The van der Waals surface area contributed by atoms with Gasteiger partial charge in [0.1, 0.15) is 17.1 Å². The first-order valence-corrected chi connectivity index (χ1v) is 8.59. The fourth-order valence-electron chi connectivity index (χ4n) is 2.52. The van der Waals surface area contributed by atoms with E-state index in [0.717, 1.165) is 11.1 Å². The van der Waals surface area contributed by atoms with E-state index in [-0.39, 0.29) is 5.91 Å². The highest BCUT2D eigenvalue weighted by Gasteiger charge is 2.22.